The summed E-state index contributed by atoms with van der Waals surface area (Å²) in [5.41, 5.74) is 0. The van der Waals surface area contributed by atoms with E-state index in [1.165, 1.54) is 0 Å². The van der Waals surface area contributed by atoms with Crippen molar-refractivity contribution in [2.75, 3.05) is 6.61 Å². The molecule has 1 aliphatic rings. The molecule has 4 atom stereocenters. The molecular formula is C18H32O4. The van der Waals surface area contributed by atoms with Crippen LogP contribution in [0.4, 0.5) is 0 Å². The zero-order valence-electron chi connectivity index (χ0n) is 14.0. The second kappa shape index (κ2) is 10.8. The molecule has 4 heteroatoms. The Balaban J connectivity index is 2.41. The second-order valence-corrected chi connectivity index (χ2v) is 6.26. The summed E-state index contributed by atoms with van der Waals surface area (Å²) in [4.78, 5) is 11.5. The highest BCUT2D eigenvalue weighted by Gasteiger charge is 2.33. The summed E-state index contributed by atoms with van der Waals surface area (Å²) in [5, 5.41) is 20.0. The van der Waals surface area contributed by atoms with E-state index < -0.39 is 6.10 Å². The van der Waals surface area contributed by atoms with Crippen LogP contribution < -0.4 is 0 Å². The van der Waals surface area contributed by atoms with Gasteiger partial charge in [-0.1, -0.05) is 38.3 Å². The largest absolute Gasteiger partial charge is 0.466 e. The number of aliphatic hydroxyl groups is 2. The Bertz CT molecular complexity index is 340. The van der Waals surface area contributed by atoms with Gasteiger partial charge < -0.3 is 14.9 Å². The number of aliphatic hydroxyl groups excluding tert-OH is 2. The van der Waals surface area contributed by atoms with Gasteiger partial charge in [-0.15, -0.1) is 0 Å². The lowest BCUT2D eigenvalue weighted by Crippen LogP contribution is -2.20. The van der Waals surface area contributed by atoms with Crippen LogP contribution in [0.3, 0.4) is 0 Å². The Morgan fingerprint density at radius 1 is 1.32 bits per heavy atom. The first-order valence-electron chi connectivity index (χ1n) is 8.78. The summed E-state index contributed by atoms with van der Waals surface area (Å²) >= 11 is 0. The number of carbonyl (C=O) groups excluding carboxylic acids is 1. The van der Waals surface area contributed by atoms with Gasteiger partial charge in [0, 0.05) is 6.42 Å². The highest BCUT2D eigenvalue weighted by atomic mass is 16.5. The molecule has 1 unspecified atom stereocenters. The van der Waals surface area contributed by atoms with E-state index in [0.717, 1.165) is 38.5 Å². The standard InChI is InChI=1S/C18H32O4/c1-3-5-6-7-15(19)10-8-14-9-12-17(20)16(14)11-13-18(21)22-4-2/h8,10,14-17,19-20H,3-7,9,11-13H2,1-2H3/t14-,15?,16-,17+/m0/s1. The van der Waals surface area contributed by atoms with Crippen LogP contribution in [0.2, 0.25) is 0 Å². The van der Waals surface area contributed by atoms with Gasteiger partial charge in [0.05, 0.1) is 18.8 Å². The number of hydrogen-bond acceptors (Lipinski definition) is 4. The molecular weight excluding hydrogens is 280 g/mol. The lowest BCUT2D eigenvalue weighted by Gasteiger charge is -2.19. The topological polar surface area (TPSA) is 66.8 Å². The average Bonchev–Trinajstić information content (AvgIpc) is 2.84. The van der Waals surface area contributed by atoms with Crippen LogP contribution in [-0.4, -0.2) is 35.0 Å². The summed E-state index contributed by atoms with van der Waals surface area (Å²) in [5.74, 6) is 0.165. The zero-order valence-corrected chi connectivity index (χ0v) is 14.0. The summed E-state index contributed by atoms with van der Waals surface area (Å²) in [6.07, 6.45) is 10.0. The van der Waals surface area contributed by atoms with Gasteiger partial charge >= 0.3 is 5.97 Å². The molecule has 0 amide bonds. The molecule has 1 rings (SSSR count). The van der Waals surface area contributed by atoms with Crippen molar-refractivity contribution in [2.24, 2.45) is 11.8 Å². The van der Waals surface area contributed by atoms with E-state index in [1.54, 1.807) is 6.92 Å². The fourth-order valence-electron chi connectivity index (χ4n) is 3.21. The summed E-state index contributed by atoms with van der Waals surface area (Å²) in [6.45, 7) is 4.35. The van der Waals surface area contributed by atoms with Gasteiger partial charge in [0.2, 0.25) is 0 Å². The van der Waals surface area contributed by atoms with Gasteiger partial charge in [0.1, 0.15) is 0 Å². The molecule has 0 radical (unpaired) electrons. The van der Waals surface area contributed by atoms with Gasteiger partial charge in [0.25, 0.3) is 0 Å². The molecule has 0 aromatic heterocycles. The third-order valence-electron chi connectivity index (χ3n) is 4.51. The van der Waals surface area contributed by atoms with Gasteiger partial charge in [-0.3, -0.25) is 4.79 Å². The van der Waals surface area contributed by atoms with Crippen LogP contribution in [0, 0.1) is 11.8 Å². The Hall–Kier alpha value is -0.870. The molecule has 22 heavy (non-hydrogen) atoms. The molecule has 4 nitrogen and oxygen atoms in total. The predicted molar refractivity (Wildman–Crippen MR) is 87.4 cm³/mol. The van der Waals surface area contributed by atoms with Gasteiger partial charge in [0.15, 0.2) is 0 Å². The molecule has 0 heterocycles. The monoisotopic (exact) mass is 312 g/mol. The molecule has 0 spiro atoms. The van der Waals surface area contributed by atoms with E-state index in [0.29, 0.717) is 19.4 Å². The molecule has 128 valence electrons. The van der Waals surface area contributed by atoms with E-state index in [1.807, 2.05) is 12.2 Å². The first kappa shape index (κ1) is 19.2. The van der Waals surface area contributed by atoms with Crippen molar-refractivity contribution >= 4 is 5.97 Å². The lowest BCUT2D eigenvalue weighted by molar-refractivity contribution is -0.143. The fourth-order valence-corrected chi connectivity index (χ4v) is 3.21. The number of hydrogen-bond donors (Lipinski definition) is 2. The third-order valence-corrected chi connectivity index (χ3v) is 4.51. The maximum Gasteiger partial charge on any atom is 0.305 e. The van der Waals surface area contributed by atoms with Crippen LogP contribution in [0.15, 0.2) is 12.2 Å². The predicted octanol–water partition coefficient (Wildman–Crippen LogP) is 3.21. The Morgan fingerprint density at radius 2 is 2.09 bits per heavy atom. The number of unbranched alkanes of at least 4 members (excludes halogenated alkanes) is 2. The Labute approximate surface area is 134 Å². The summed E-state index contributed by atoms with van der Waals surface area (Å²) < 4.78 is 4.95. The Kier molecular flexibility index (Phi) is 9.41. The van der Waals surface area contributed by atoms with Crippen molar-refractivity contribution in [3.63, 3.8) is 0 Å². The van der Waals surface area contributed by atoms with E-state index in [-0.39, 0.29) is 23.9 Å². The van der Waals surface area contributed by atoms with Crippen LogP contribution in [0.5, 0.6) is 0 Å². The van der Waals surface area contributed by atoms with Crippen molar-refractivity contribution in [3.05, 3.63) is 12.2 Å². The molecule has 0 aliphatic heterocycles. The molecule has 2 N–H and O–H groups in total. The molecule has 0 aromatic rings. The summed E-state index contributed by atoms with van der Waals surface area (Å²) in [6, 6.07) is 0. The van der Waals surface area contributed by atoms with E-state index in [9.17, 15) is 15.0 Å². The van der Waals surface area contributed by atoms with Crippen LogP contribution in [-0.2, 0) is 9.53 Å². The minimum absolute atomic E-state index is 0.100. The molecule has 0 bridgehead atoms. The van der Waals surface area contributed by atoms with E-state index >= 15 is 0 Å². The SMILES string of the molecule is CCCCCC(O)C=C[C@H]1CC[C@@H](O)[C@H]1CCC(=O)OCC. The van der Waals surface area contributed by atoms with Crippen molar-refractivity contribution in [2.45, 2.75) is 77.4 Å². The first-order valence-corrected chi connectivity index (χ1v) is 8.78. The van der Waals surface area contributed by atoms with Crippen molar-refractivity contribution in [3.8, 4) is 0 Å². The number of allylic oxidation sites excluding steroid dienone is 1. The maximum atomic E-state index is 11.5. The summed E-state index contributed by atoms with van der Waals surface area (Å²) in [7, 11) is 0. The molecule has 0 aromatic carbocycles. The number of ether oxygens (including phenoxy) is 1. The molecule has 1 saturated carbocycles. The van der Waals surface area contributed by atoms with Gasteiger partial charge in [-0.25, -0.2) is 0 Å². The maximum absolute atomic E-state index is 11.5. The lowest BCUT2D eigenvalue weighted by atomic mass is 9.89. The van der Waals surface area contributed by atoms with Gasteiger partial charge in [-0.2, -0.15) is 0 Å². The minimum Gasteiger partial charge on any atom is -0.466 e. The van der Waals surface area contributed by atoms with Gasteiger partial charge in [-0.05, 0) is 44.4 Å². The van der Waals surface area contributed by atoms with Crippen LogP contribution >= 0.6 is 0 Å². The van der Waals surface area contributed by atoms with Crippen molar-refractivity contribution < 1.29 is 19.7 Å². The zero-order chi connectivity index (χ0) is 16.4. The first-order chi connectivity index (χ1) is 10.6. The van der Waals surface area contributed by atoms with E-state index in [2.05, 4.69) is 6.92 Å². The quantitative estimate of drug-likeness (QED) is 0.369. The molecule has 1 aliphatic carbocycles. The fraction of sp³-hybridized carbons (Fsp3) is 0.833. The van der Waals surface area contributed by atoms with Crippen LogP contribution in [0.1, 0.15) is 65.2 Å². The molecule has 0 saturated heterocycles. The minimum atomic E-state index is -0.394. The highest BCUT2D eigenvalue weighted by molar-refractivity contribution is 5.69. The van der Waals surface area contributed by atoms with E-state index in [4.69, 9.17) is 4.74 Å². The van der Waals surface area contributed by atoms with Crippen LogP contribution in [0.25, 0.3) is 0 Å². The highest BCUT2D eigenvalue weighted by Crippen LogP contribution is 2.36. The van der Waals surface area contributed by atoms with Crippen molar-refractivity contribution in [1.29, 1.82) is 0 Å². The second-order valence-electron chi connectivity index (χ2n) is 6.26. The van der Waals surface area contributed by atoms with Crippen molar-refractivity contribution in [1.82, 2.24) is 0 Å². The normalized spacial score (nSPS) is 26.5. The number of carbonyl (C=O) groups is 1. The Morgan fingerprint density at radius 3 is 2.77 bits per heavy atom. The third kappa shape index (κ3) is 6.93. The number of esters is 1. The number of rotatable bonds is 10. The smallest absolute Gasteiger partial charge is 0.305 e. The average molecular weight is 312 g/mol. The molecule has 1 fully saturated rings.